The Morgan fingerprint density at radius 3 is 2.85 bits per heavy atom. The van der Waals surface area contributed by atoms with Crippen molar-refractivity contribution in [3.8, 4) is 0 Å². The number of hydrogen-bond donors (Lipinski definition) is 2. The Balaban J connectivity index is 1.67. The second-order valence-electron chi connectivity index (χ2n) is 5.99. The Morgan fingerprint density at radius 2 is 2.05 bits per heavy atom. The zero-order valence-electron chi connectivity index (χ0n) is 12.0. The lowest BCUT2D eigenvalue weighted by Crippen LogP contribution is -2.40. The molecule has 0 amide bonds. The van der Waals surface area contributed by atoms with Crippen LogP contribution in [0.3, 0.4) is 0 Å². The third-order valence-electron chi connectivity index (χ3n) is 4.52. The summed E-state index contributed by atoms with van der Waals surface area (Å²) >= 11 is 0. The smallest absolute Gasteiger partial charge is 0.0958 e. The number of hydrazine groups is 1. The van der Waals surface area contributed by atoms with Gasteiger partial charge >= 0.3 is 0 Å². The van der Waals surface area contributed by atoms with E-state index >= 15 is 0 Å². The highest BCUT2D eigenvalue weighted by molar-refractivity contribution is 5.74. The number of fused-ring (bicyclic) bond motifs is 1. The zero-order valence-corrected chi connectivity index (χ0v) is 12.0. The molecule has 3 N–H and O–H groups in total. The van der Waals surface area contributed by atoms with Crippen LogP contribution in [0, 0.1) is 5.92 Å². The fourth-order valence-corrected chi connectivity index (χ4v) is 3.41. The molecule has 4 nitrogen and oxygen atoms in total. The molecule has 1 aromatic heterocycles. The Bertz CT molecular complexity index is 542. The monoisotopic (exact) mass is 272 g/mol. The van der Waals surface area contributed by atoms with Gasteiger partial charge in [-0.2, -0.15) is 0 Å². The van der Waals surface area contributed by atoms with E-state index in [-0.39, 0.29) is 0 Å². The van der Waals surface area contributed by atoms with Gasteiger partial charge in [0, 0.05) is 12.6 Å². The van der Waals surface area contributed by atoms with E-state index in [0.717, 1.165) is 18.0 Å². The summed E-state index contributed by atoms with van der Waals surface area (Å²) in [5.74, 6) is 6.60. The van der Waals surface area contributed by atoms with Crippen molar-refractivity contribution in [1.82, 2.24) is 15.0 Å². The van der Waals surface area contributed by atoms with E-state index in [1.165, 1.54) is 44.0 Å². The van der Waals surface area contributed by atoms with E-state index in [4.69, 9.17) is 5.84 Å². The van der Waals surface area contributed by atoms with Gasteiger partial charge in [-0.05, 0) is 24.5 Å². The molecule has 1 fully saturated rings. The summed E-state index contributed by atoms with van der Waals surface area (Å²) in [7, 11) is 0. The lowest BCUT2D eigenvalue weighted by atomic mass is 9.85. The Labute approximate surface area is 120 Å². The van der Waals surface area contributed by atoms with E-state index in [9.17, 15) is 0 Å². The third kappa shape index (κ3) is 3.02. The molecule has 3 rings (SSSR count). The number of aromatic nitrogens is 2. The minimum atomic E-state index is 0.329. The summed E-state index contributed by atoms with van der Waals surface area (Å²) < 4.78 is 2.21. The molecule has 1 heterocycles. The average molecular weight is 272 g/mol. The first-order valence-electron chi connectivity index (χ1n) is 7.73. The molecule has 1 atom stereocenters. The van der Waals surface area contributed by atoms with Crippen LogP contribution >= 0.6 is 0 Å². The Morgan fingerprint density at radius 1 is 1.25 bits per heavy atom. The van der Waals surface area contributed by atoms with Crippen molar-refractivity contribution < 1.29 is 0 Å². The van der Waals surface area contributed by atoms with Crippen molar-refractivity contribution in [2.24, 2.45) is 11.8 Å². The van der Waals surface area contributed by atoms with Crippen LogP contribution in [0.4, 0.5) is 0 Å². The van der Waals surface area contributed by atoms with Gasteiger partial charge < -0.3 is 4.57 Å². The molecule has 1 unspecified atom stereocenters. The summed E-state index contributed by atoms with van der Waals surface area (Å²) in [6.07, 6.45) is 10.00. The molecule has 1 aromatic carbocycles. The summed E-state index contributed by atoms with van der Waals surface area (Å²) in [5, 5.41) is 0. The number of hydrogen-bond acceptors (Lipinski definition) is 3. The van der Waals surface area contributed by atoms with Crippen LogP contribution in [-0.4, -0.2) is 15.6 Å². The number of nitrogens with one attached hydrogen (secondary N) is 1. The molecule has 0 radical (unpaired) electrons. The van der Waals surface area contributed by atoms with Gasteiger partial charge in [0.1, 0.15) is 0 Å². The minimum Gasteiger partial charge on any atom is -0.329 e. The number of para-hydroxylation sites is 2. The lowest BCUT2D eigenvalue weighted by Gasteiger charge is -2.26. The Kier molecular flexibility index (Phi) is 4.33. The summed E-state index contributed by atoms with van der Waals surface area (Å²) in [5.41, 5.74) is 5.25. The third-order valence-corrected chi connectivity index (χ3v) is 4.52. The number of nitrogens with zero attached hydrogens (tertiary/aromatic N) is 2. The number of benzene rings is 1. The fraction of sp³-hybridized carbons (Fsp3) is 0.562. The highest BCUT2D eigenvalue weighted by Crippen LogP contribution is 2.27. The predicted octanol–water partition coefficient (Wildman–Crippen LogP) is 2.84. The molecule has 1 saturated carbocycles. The highest BCUT2D eigenvalue weighted by atomic mass is 15.2. The van der Waals surface area contributed by atoms with E-state index in [1.54, 1.807) is 0 Å². The van der Waals surface area contributed by atoms with Crippen LogP contribution in [0.2, 0.25) is 0 Å². The second kappa shape index (κ2) is 6.37. The molecule has 0 spiro atoms. The number of imidazole rings is 1. The van der Waals surface area contributed by atoms with Crippen molar-refractivity contribution in [3.05, 3.63) is 30.6 Å². The van der Waals surface area contributed by atoms with Gasteiger partial charge in [0.25, 0.3) is 0 Å². The van der Waals surface area contributed by atoms with Crippen LogP contribution in [0.1, 0.15) is 38.5 Å². The maximum atomic E-state index is 5.77. The van der Waals surface area contributed by atoms with Crippen LogP contribution in [0.15, 0.2) is 30.6 Å². The maximum absolute atomic E-state index is 5.77. The molecule has 4 heteroatoms. The van der Waals surface area contributed by atoms with Gasteiger partial charge in [-0.25, -0.2) is 4.98 Å². The first-order chi connectivity index (χ1) is 9.86. The quantitative estimate of drug-likeness (QED) is 0.650. The van der Waals surface area contributed by atoms with Gasteiger partial charge in [0.15, 0.2) is 0 Å². The second-order valence-corrected chi connectivity index (χ2v) is 5.99. The van der Waals surface area contributed by atoms with Crippen molar-refractivity contribution in [1.29, 1.82) is 0 Å². The standard InChI is InChI=1S/C16H24N4/c17-19-14(10-13-6-2-1-3-7-13)11-20-12-18-15-8-4-5-9-16(15)20/h4-5,8-9,12-14,19H,1-3,6-7,10-11,17H2. The molecular weight excluding hydrogens is 248 g/mol. The number of rotatable bonds is 5. The van der Waals surface area contributed by atoms with E-state index in [1.807, 2.05) is 12.4 Å². The summed E-state index contributed by atoms with van der Waals surface area (Å²) in [4.78, 5) is 4.45. The molecule has 0 aliphatic heterocycles. The van der Waals surface area contributed by atoms with Crippen LogP contribution in [-0.2, 0) is 6.54 Å². The average Bonchev–Trinajstić information content (AvgIpc) is 2.91. The molecule has 1 aliphatic carbocycles. The fourth-order valence-electron chi connectivity index (χ4n) is 3.41. The van der Waals surface area contributed by atoms with E-state index < -0.39 is 0 Å². The lowest BCUT2D eigenvalue weighted by molar-refractivity contribution is 0.286. The molecule has 0 saturated heterocycles. The van der Waals surface area contributed by atoms with Crippen molar-refractivity contribution in [3.63, 3.8) is 0 Å². The van der Waals surface area contributed by atoms with Gasteiger partial charge in [-0.15, -0.1) is 0 Å². The first kappa shape index (κ1) is 13.6. The molecule has 20 heavy (non-hydrogen) atoms. The zero-order chi connectivity index (χ0) is 13.8. The van der Waals surface area contributed by atoms with Crippen molar-refractivity contribution in [2.45, 2.75) is 51.1 Å². The van der Waals surface area contributed by atoms with E-state index in [0.29, 0.717) is 6.04 Å². The predicted molar refractivity (Wildman–Crippen MR) is 82.0 cm³/mol. The molecule has 108 valence electrons. The Hall–Kier alpha value is -1.39. The largest absolute Gasteiger partial charge is 0.329 e. The van der Waals surface area contributed by atoms with Gasteiger partial charge in [0.2, 0.25) is 0 Å². The summed E-state index contributed by atoms with van der Waals surface area (Å²) in [6.45, 7) is 0.896. The normalized spacial score (nSPS) is 18.4. The molecule has 0 bridgehead atoms. The van der Waals surface area contributed by atoms with Crippen LogP contribution < -0.4 is 11.3 Å². The van der Waals surface area contributed by atoms with Crippen molar-refractivity contribution >= 4 is 11.0 Å². The SMILES string of the molecule is NNC(CC1CCCCC1)Cn1cnc2ccccc21. The molecule has 1 aliphatic rings. The molecule has 2 aromatic rings. The van der Waals surface area contributed by atoms with Gasteiger partial charge in [-0.1, -0.05) is 44.2 Å². The highest BCUT2D eigenvalue weighted by Gasteiger charge is 2.19. The first-order valence-corrected chi connectivity index (χ1v) is 7.73. The van der Waals surface area contributed by atoms with Crippen molar-refractivity contribution in [2.75, 3.05) is 0 Å². The topological polar surface area (TPSA) is 55.9 Å². The maximum Gasteiger partial charge on any atom is 0.0958 e. The van der Waals surface area contributed by atoms with Crippen LogP contribution in [0.5, 0.6) is 0 Å². The number of nitrogens with two attached hydrogens (primary N) is 1. The van der Waals surface area contributed by atoms with Gasteiger partial charge in [-0.3, -0.25) is 11.3 Å². The van der Waals surface area contributed by atoms with Crippen LogP contribution in [0.25, 0.3) is 11.0 Å². The van der Waals surface area contributed by atoms with E-state index in [2.05, 4.69) is 33.2 Å². The van der Waals surface area contributed by atoms with Gasteiger partial charge in [0.05, 0.1) is 17.4 Å². The minimum absolute atomic E-state index is 0.329. The summed E-state index contributed by atoms with van der Waals surface area (Å²) in [6, 6.07) is 8.59. The molecular formula is C16H24N4.